The number of hydrogen-bond donors (Lipinski definition) is 2. The van der Waals surface area contributed by atoms with E-state index in [0.717, 1.165) is 22.9 Å². The van der Waals surface area contributed by atoms with Gasteiger partial charge in [0.2, 0.25) is 0 Å². The van der Waals surface area contributed by atoms with Crippen molar-refractivity contribution in [3.8, 4) is 0 Å². The van der Waals surface area contributed by atoms with Gasteiger partial charge in [0.15, 0.2) is 0 Å². The second-order valence-electron chi connectivity index (χ2n) is 3.46. The van der Waals surface area contributed by atoms with Crippen LogP contribution >= 0.6 is 12.2 Å². The summed E-state index contributed by atoms with van der Waals surface area (Å²) in [5.74, 6) is 0.0101. The van der Waals surface area contributed by atoms with Crippen molar-refractivity contribution in [1.82, 2.24) is 0 Å². The highest BCUT2D eigenvalue weighted by Gasteiger charge is 2.16. The van der Waals surface area contributed by atoms with Crippen molar-refractivity contribution in [2.75, 3.05) is 17.2 Å². The SMILES string of the molecule is CC.CC1CNc2ccc(F)cc2NC1=S. The minimum Gasteiger partial charge on any atom is -0.383 e. The fourth-order valence-electron chi connectivity index (χ4n) is 1.39. The first-order valence-electron chi connectivity index (χ1n) is 5.51. The van der Waals surface area contributed by atoms with Gasteiger partial charge in [0.1, 0.15) is 5.82 Å². The fourth-order valence-corrected chi connectivity index (χ4v) is 1.58. The minimum absolute atomic E-state index is 0.254. The number of nitrogens with one attached hydrogen (secondary N) is 2. The zero-order valence-corrected chi connectivity index (χ0v) is 10.6. The van der Waals surface area contributed by atoms with E-state index in [2.05, 4.69) is 10.6 Å². The third-order valence-electron chi connectivity index (χ3n) is 2.29. The van der Waals surface area contributed by atoms with E-state index in [1.54, 1.807) is 6.07 Å². The molecule has 88 valence electrons. The standard InChI is InChI=1S/C10H11FN2S.C2H6/c1-6-5-12-8-3-2-7(11)4-9(8)13-10(6)14;1-2/h2-4,6,12H,5H2,1H3,(H,13,14);1-2H3. The van der Waals surface area contributed by atoms with Crippen molar-refractivity contribution in [3.63, 3.8) is 0 Å². The van der Waals surface area contributed by atoms with Crippen LogP contribution in [0.4, 0.5) is 15.8 Å². The Hall–Kier alpha value is -1.16. The summed E-state index contributed by atoms with van der Waals surface area (Å²) in [4.78, 5) is 0.752. The van der Waals surface area contributed by atoms with E-state index < -0.39 is 0 Å². The highest BCUT2D eigenvalue weighted by molar-refractivity contribution is 7.80. The Morgan fingerprint density at radius 1 is 1.31 bits per heavy atom. The maximum Gasteiger partial charge on any atom is 0.125 e. The van der Waals surface area contributed by atoms with Gasteiger partial charge in [-0.3, -0.25) is 0 Å². The summed E-state index contributed by atoms with van der Waals surface area (Å²) >= 11 is 5.16. The molecule has 0 spiro atoms. The molecule has 1 aromatic rings. The monoisotopic (exact) mass is 240 g/mol. The largest absolute Gasteiger partial charge is 0.383 e. The van der Waals surface area contributed by atoms with E-state index in [1.165, 1.54) is 12.1 Å². The lowest BCUT2D eigenvalue weighted by atomic mass is 10.2. The molecule has 4 heteroatoms. The van der Waals surface area contributed by atoms with Gasteiger partial charge in [-0.1, -0.05) is 33.0 Å². The van der Waals surface area contributed by atoms with Crippen LogP contribution < -0.4 is 10.6 Å². The van der Waals surface area contributed by atoms with Gasteiger partial charge in [-0.25, -0.2) is 4.39 Å². The summed E-state index contributed by atoms with van der Waals surface area (Å²) in [6.07, 6.45) is 0. The summed E-state index contributed by atoms with van der Waals surface area (Å²) in [6, 6.07) is 4.61. The van der Waals surface area contributed by atoms with Crippen LogP contribution in [0.25, 0.3) is 0 Å². The highest BCUT2D eigenvalue weighted by atomic mass is 32.1. The van der Waals surface area contributed by atoms with Crippen LogP contribution in [0.1, 0.15) is 20.8 Å². The molecule has 1 aliphatic rings. The van der Waals surface area contributed by atoms with Gasteiger partial charge in [0.05, 0.1) is 16.4 Å². The quantitative estimate of drug-likeness (QED) is 0.677. The van der Waals surface area contributed by atoms with Gasteiger partial charge in [0.25, 0.3) is 0 Å². The third-order valence-corrected chi connectivity index (χ3v) is 2.79. The smallest absolute Gasteiger partial charge is 0.125 e. The van der Waals surface area contributed by atoms with Crippen molar-refractivity contribution in [2.45, 2.75) is 20.8 Å². The second kappa shape index (κ2) is 5.80. The molecule has 16 heavy (non-hydrogen) atoms. The lowest BCUT2D eigenvalue weighted by molar-refractivity contribution is 0.628. The summed E-state index contributed by atoms with van der Waals surface area (Å²) in [5, 5.41) is 6.26. The van der Waals surface area contributed by atoms with Crippen molar-refractivity contribution < 1.29 is 4.39 Å². The molecule has 0 radical (unpaired) electrons. The molecule has 0 saturated carbocycles. The third kappa shape index (κ3) is 2.92. The first-order chi connectivity index (χ1) is 7.66. The molecule has 0 aromatic heterocycles. The van der Waals surface area contributed by atoms with Gasteiger partial charge in [-0.2, -0.15) is 0 Å². The summed E-state index contributed by atoms with van der Waals surface area (Å²) in [6.45, 7) is 6.81. The van der Waals surface area contributed by atoms with Crippen LogP contribution in [-0.2, 0) is 0 Å². The molecule has 1 unspecified atom stereocenters. The number of anilines is 2. The van der Waals surface area contributed by atoms with Gasteiger partial charge in [-0.15, -0.1) is 0 Å². The average Bonchev–Trinajstić information content (AvgIpc) is 2.42. The Morgan fingerprint density at radius 3 is 2.69 bits per heavy atom. The van der Waals surface area contributed by atoms with E-state index in [4.69, 9.17) is 12.2 Å². The summed E-state index contributed by atoms with van der Waals surface area (Å²) in [5.41, 5.74) is 1.62. The number of rotatable bonds is 0. The molecule has 2 rings (SSSR count). The lowest BCUT2D eigenvalue weighted by Crippen LogP contribution is -2.20. The van der Waals surface area contributed by atoms with Crippen LogP contribution in [0.3, 0.4) is 0 Å². The molecule has 1 aromatic carbocycles. The normalized spacial score (nSPS) is 18.2. The van der Waals surface area contributed by atoms with Crippen LogP contribution in [-0.4, -0.2) is 11.5 Å². The number of hydrogen-bond acceptors (Lipinski definition) is 2. The summed E-state index contributed by atoms with van der Waals surface area (Å²) < 4.78 is 12.9. The van der Waals surface area contributed by atoms with Gasteiger partial charge in [-0.05, 0) is 18.2 Å². The molecule has 2 N–H and O–H groups in total. The van der Waals surface area contributed by atoms with Crippen LogP contribution in [0.5, 0.6) is 0 Å². The highest BCUT2D eigenvalue weighted by Crippen LogP contribution is 2.26. The number of benzene rings is 1. The lowest BCUT2D eigenvalue weighted by Gasteiger charge is -2.08. The van der Waals surface area contributed by atoms with E-state index in [9.17, 15) is 4.39 Å². The van der Waals surface area contributed by atoms with Crippen molar-refractivity contribution in [1.29, 1.82) is 0 Å². The molecule has 0 amide bonds. The van der Waals surface area contributed by atoms with Crippen molar-refractivity contribution >= 4 is 28.6 Å². The molecule has 0 saturated heterocycles. The molecule has 1 heterocycles. The van der Waals surface area contributed by atoms with Crippen molar-refractivity contribution in [3.05, 3.63) is 24.0 Å². The Kier molecular flexibility index (Phi) is 4.68. The predicted molar refractivity (Wildman–Crippen MR) is 71.6 cm³/mol. The fraction of sp³-hybridized carbons (Fsp3) is 0.417. The Balaban J connectivity index is 0.000000606. The topological polar surface area (TPSA) is 24.1 Å². The molecular weight excluding hydrogens is 223 g/mol. The molecule has 0 fully saturated rings. The molecule has 2 nitrogen and oxygen atoms in total. The van der Waals surface area contributed by atoms with E-state index in [-0.39, 0.29) is 11.7 Å². The van der Waals surface area contributed by atoms with E-state index in [0.29, 0.717) is 0 Å². The minimum atomic E-state index is -0.254. The Labute approximate surface area is 101 Å². The van der Waals surface area contributed by atoms with Crippen LogP contribution in [0, 0.1) is 11.7 Å². The van der Waals surface area contributed by atoms with Crippen LogP contribution in [0.2, 0.25) is 0 Å². The molecule has 1 atom stereocenters. The molecular formula is C12H17FN2S. The second-order valence-corrected chi connectivity index (χ2v) is 3.90. The molecule has 0 bridgehead atoms. The predicted octanol–water partition coefficient (Wildman–Crippen LogP) is 3.65. The zero-order valence-electron chi connectivity index (χ0n) is 9.80. The zero-order chi connectivity index (χ0) is 12.1. The van der Waals surface area contributed by atoms with E-state index >= 15 is 0 Å². The maximum absolute atomic E-state index is 12.9. The van der Waals surface area contributed by atoms with Gasteiger partial charge >= 0.3 is 0 Å². The molecule has 0 aliphatic carbocycles. The van der Waals surface area contributed by atoms with Crippen molar-refractivity contribution in [2.24, 2.45) is 5.92 Å². The average molecular weight is 240 g/mol. The maximum atomic E-state index is 12.9. The Morgan fingerprint density at radius 2 is 2.00 bits per heavy atom. The first kappa shape index (κ1) is 12.9. The number of halogens is 1. The van der Waals surface area contributed by atoms with Gasteiger partial charge < -0.3 is 10.6 Å². The van der Waals surface area contributed by atoms with E-state index in [1.807, 2.05) is 20.8 Å². The Bertz CT molecular complexity index is 379. The molecule has 1 aliphatic heterocycles. The van der Waals surface area contributed by atoms with Gasteiger partial charge in [0, 0.05) is 12.5 Å². The summed E-state index contributed by atoms with van der Waals surface area (Å²) in [7, 11) is 0. The first-order valence-corrected chi connectivity index (χ1v) is 5.92. The van der Waals surface area contributed by atoms with Crippen LogP contribution in [0.15, 0.2) is 18.2 Å². The number of thiocarbonyl (C=S) groups is 1. The number of fused-ring (bicyclic) bond motifs is 1.